The van der Waals surface area contributed by atoms with Gasteiger partial charge in [-0.2, -0.15) is 0 Å². The molecule has 0 aliphatic carbocycles. The molecule has 0 radical (unpaired) electrons. The predicted octanol–water partition coefficient (Wildman–Crippen LogP) is 5.72. The Labute approximate surface area is 175 Å². The Hall–Kier alpha value is -2.57. The van der Waals surface area contributed by atoms with Gasteiger partial charge in [0.2, 0.25) is 0 Å². The van der Waals surface area contributed by atoms with Gasteiger partial charge in [-0.1, -0.05) is 58.4 Å². The number of nitrogens with one attached hydrogen (secondary N) is 1. The van der Waals surface area contributed by atoms with Gasteiger partial charge in [0.15, 0.2) is 0 Å². The van der Waals surface area contributed by atoms with Crippen molar-refractivity contribution in [2.75, 3.05) is 6.54 Å². The summed E-state index contributed by atoms with van der Waals surface area (Å²) in [6.07, 6.45) is 2.40. The van der Waals surface area contributed by atoms with E-state index in [1.807, 2.05) is 66.7 Å². The summed E-state index contributed by atoms with van der Waals surface area (Å²) in [6.45, 7) is 0.390. The second-order valence-corrected chi connectivity index (χ2v) is 8.31. The van der Waals surface area contributed by atoms with Gasteiger partial charge in [0, 0.05) is 22.4 Å². The molecule has 0 saturated carbocycles. The SMILES string of the molecule is O=C1S/C(=C/c2ccc(-c3ccc(Br)cc3)[nH]2)C(=O)N1CCc1ccccc1. The largest absolute Gasteiger partial charge is 0.355 e. The lowest BCUT2D eigenvalue weighted by Gasteiger charge is -2.12. The molecule has 1 fully saturated rings. The summed E-state index contributed by atoms with van der Waals surface area (Å²) in [4.78, 5) is 30.0. The van der Waals surface area contributed by atoms with Gasteiger partial charge in [-0.25, -0.2) is 0 Å². The first-order chi connectivity index (χ1) is 13.6. The number of halogens is 1. The van der Waals surface area contributed by atoms with Gasteiger partial charge in [-0.05, 0) is 59.7 Å². The van der Waals surface area contributed by atoms with E-state index in [0.29, 0.717) is 17.9 Å². The van der Waals surface area contributed by atoms with Gasteiger partial charge >= 0.3 is 0 Å². The molecular weight excluding hydrogens is 436 g/mol. The van der Waals surface area contributed by atoms with E-state index in [-0.39, 0.29) is 11.1 Å². The molecule has 1 aliphatic heterocycles. The Morgan fingerprint density at radius 2 is 1.71 bits per heavy atom. The number of amides is 2. The summed E-state index contributed by atoms with van der Waals surface area (Å²) < 4.78 is 1.02. The normalized spacial score (nSPS) is 15.6. The maximum atomic E-state index is 12.7. The highest BCUT2D eigenvalue weighted by Gasteiger charge is 2.34. The summed E-state index contributed by atoms with van der Waals surface area (Å²) in [5, 5.41) is -0.216. The number of aromatic nitrogens is 1. The van der Waals surface area contributed by atoms with E-state index in [1.165, 1.54) is 4.90 Å². The Balaban J connectivity index is 1.47. The molecule has 140 valence electrons. The Bertz CT molecular complexity index is 1040. The average Bonchev–Trinajstić information content (AvgIpc) is 3.27. The minimum Gasteiger partial charge on any atom is -0.355 e. The Kier molecular flexibility index (Phi) is 5.50. The number of carbonyl (C=O) groups is 2. The molecule has 2 amide bonds. The predicted molar refractivity (Wildman–Crippen MR) is 117 cm³/mol. The summed E-state index contributed by atoms with van der Waals surface area (Å²) in [5.41, 5.74) is 3.92. The molecule has 2 heterocycles. The van der Waals surface area contributed by atoms with E-state index >= 15 is 0 Å². The fourth-order valence-corrected chi connectivity index (χ4v) is 4.13. The lowest BCUT2D eigenvalue weighted by molar-refractivity contribution is -0.122. The third kappa shape index (κ3) is 4.13. The van der Waals surface area contributed by atoms with Crippen molar-refractivity contribution in [1.29, 1.82) is 0 Å². The fourth-order valence-electron chi connectivity index (χ4n) is 3.01. The van der Waals surface area contributed by atoms with Crippen LogP contribution in [0.25, 0.3) is 17.3 Å². The van der Waals surface area contributed by atoms with Crippen LogP contribution in [0.3, 0.4) is 0 Å². The summed E-state index contributed by atoms with van der Waals surface area (Å²) >= 11 is 4.42. The van der Waals surface area contributed by atoms with E-state index in [4.69, 9.17) is 0 Å². The van der Waals surface area contributed by atoms with Crippen LogP contribution in [-0.4, -0.2) is 27.6 Å². The van der Waals surface area contributed by atoms with Crippen molar-refractivity contribution < 1.29 is 9.59 Å². The highest BCUT2D eigenvalue weighted by atomic mass is 79.9. The lowest BCUT2D eigenvalue weighted by atomic mass is 10.1. The standard InChI is InChI=1S/C22H17BrN2O2S/c23-17-8-6-16(7-9-17)19-11-10-18(24-19)14-20-21(26)25(22(27)28-20)13-12-15-4-2-1-3-5-15/h1-11,14,24H,12-13H2/b20-14+. The molecular formula is C22H17BrN2O2S. The minimum atomic E-state index is -0.231. The molecule has 0 atom stereocenters. The molecule has 6 heteroatoms. The van der Waals surface area contributed by atoms with Crippen molar-refractivity contribution in [3.8, 4) is 11.3 Å². The zero-order chi connectivity index (χ0) is 19.5. The maximum Gasteiger partial charge on any atom is 0.293 e. The van der Waals surface area contributed by atoms with Crippen LogP contribution in [0.15, 0.2) is 76.1 Å². The van der Waals surface area contributed by atoms with Crippen LogP contribution in [-0.2, 0) is 11.2 Å². The van der Waals surface area contributed by atoms with Crippen LogP contribution in [0, 0.1) is 0 Å². The Morgan fingerprint density at radius 3 is 2.46 bits per heavy atom. The monoisotopic (exact) mass is 452 g/mol. The van der Waals surface area contributed by atoms with Crippen LogP contribution in [0.4, 0.5) is 4.79 Å². The number of hydrogen-bond donors (Lipinski definition) is 1. The molecule has 0 bridgehead atoms. The van der Waals surface area contributed by atoms with Gasteiger partial charge in [0.1, 0.15) is 0 Å². The van der Waals surface area contributed by atoms with Gasteiger partial charge in [0.05, 0.1) is 4.91 Å². The van der Waals surface area contributed by atoms with Crippen LogP contribution in [0.1, 0.15) is 11.3 Å². The van der Waals surface area contributed by atoms with Crippen molar-refractivity contribution in [1.82, 2.24) is 9.88 Å². The molecule has 1 aromatic heterocycles. The van der Waals surface area contributed by atoms with E-state index in [0.717, 1.165) is 38.7 Å². The van der Waals surface area contributed by atoms with Crippen molar-refractivity contribution >= 4 is 44.9 Å². The van der Waals surface area contributed by atoms with Crippen LogP contribution >= 0.6 is 27.7 Å². The first-order valence-electron chi connectivity index (χ1n) is 8.84. The van der Waals surface area contributed by atoms with Gasteiger partial charge < -0.3 is 4.98 Å². The van der Waals surface area contributed by atoms with Crippen molar-refractivity contribution in [2.45, 2.75) is 6.42 Å². The first kappa shape index (κ1) is 18.8. The molecule has 3 aromatic rings. The highest BCUT2D eigenvalue weighted by Crippen LogP contribution is 2.32. The number of carbonyl (C=O) groups excluding carboxylic acids is 2. The Morgan fingerprint density at radius 1 is 0.964 bits per heavy atom. The molecule has 0 spiro atoms. The number of aromatic amines is 1. The molecule has 4 rings (SSSR count). The fraction of sp³-hybridized carbons (Fsp3) is 0.0909. The summed E-state index contributed by atoms with van der Waals surface area (Å²) in [7, 11) is 0. The quantitative estimate of drug-likeness (QED) is 0.503. The molecule has 4 nitrogen and oxygen atoms in total. The third-order valence-electron chi connectivity index (χ3n) is 4.49. The average molecular weight is 453 g/mol. The van der Waals surface area contributed by atoms with Crippen LogP contribution < -0.4 is 0 Å². The molecule has 2 aromatic carbocycles. The first-order valence-corrected chi connectivity index (χ1v) is 10.5. The third-order valence-corrected chi connectivity index (χ3v) is 5.93. The number of nitrogens with zero attached hydrogens (tertiary/aromatic N) is 1. The number of hydrogen-bond acceptors (Lipinski definition) is 3. The van der Waals surface area contributed by atoms with Crippen LogP contribution in [0.5, 0.6) is 0 Å². The van der Waals surface area contributed by atoms with E-state index in [2.05, 4.69) is 20.9 Å². The maximum absolute atomic E-state index is 12.7. The van der Waals surface area contributed by atoms with Crippen molar-refractivity contribution in [3.05, 3.63) is 87.4 Å². The van der Waals surface area contributed by atoms with E-state index in [9.17, 15) is 9.59 Å². The van der Waals surface area contributed by atoms with E-state index < -0.39 is 0 Å². The van der Waals surface area contributed by atoms with Crippen molar-refractivity contribution in [2.24, 2.45) is 0 Å². The number of H-pyrrole nitrogens is 1. The zero-order valence-electron chi connectivity index (χ0n) is 14.9. The number of thioether (sulfide) groups is 1. The molecule has 0 unspecified atom stereocenters. The summed E-state index contributed by atoms with van der Waals surface area (Å²) in [5.74, 6) is -0.231. The lowest BCUT2D eigenvalue weighted by Crippen LogP contribution is -2.30. The second-order valence-electron chi connectivity index (χ2n) is 6.40. The van der Waals surface area contributed by atoms with Gasteiger partial charge in [0.25, 0.3) is 11.1 Å². The van der Waals surface area contributed by atoms with Gasteiger partial charge in [-0.3, -0.25) is 14.5 Å². The number of benzene rings is 2. The number of rotatable bonds is 5. The molecule has 28 heavy (non-hydrogen) atoms. The highest BCUT2D eigenvalue weighted by molar-refractivity contribution is 9.10. The summed E-state index contributed by atoms with van der Waals surface area (Å²) in [6, 6.07) is 21.7. The minimum absolute atomic E-state index is 0.216. The smallest absolute Gasteiger partial charge is 0.293 e. The zero-order valence-corrected chi connectivity index (χ0v) is 17.3. The molecule has 1 aliphatic rings. The topological polar surface area (TPSA) is 53.2 Å². The molecule has 1 saturated heterocycles. The van der Waals surface area contributed by atoms with E-state index in [1.54, 1.807) is 6.08 Å². The van der Waals surface area contributed by atoms with Gasteiger partial charge in [-0.15, -0.1) is 0 Å². The molecule has 1 N–H and O–H groups in total. The van der Waals surface area contributed by atoms with Crippen LogP contribution in [0.2, 0.25) is 0 Å². The second kappa shape index (κ2) is 8.20. The number of imide groups is 1. The van der Waals surface area contributed by atoms with Crippen molar-refractivity contribution in [3.63, 3.8) is 0 Å².